The van der Waals surface area contributed by atoms with Crippen molar-refractivity contribution in [1.82, 2.24) is 0 Å². The van der Waals surface area contributed by atoms with Crippen molar-refractivity contribution < 1.29 is 22.3 Å². The summed E-state index contributed by atoms with van der Waals surface area (Å²) in [7, 11) is 0. The summed E-state index contributed by atoms with van der Waals surface area (Å²) < 4.78 is 57.9. The van der Waals surface area contributed by atoms with Crippen LogP contribution in [0.2, 0.25) is 0 Å². The Hall–Kier alpha value is -2.30. The second kappa shape index (κ2) is 8.83. The second-order valence-electron chi connectivity index (χ2n) is 8.32. The molecule has 2 aromatic carbocycles. The van der Waals surface area contributed by atoms with Gasteiger partial charge >= 0.3 is 6.61 Å². The Morgan fingerprint density at radius 3 is 2.53 bits per heavy atom. The van der Waals surface area contributed by atoms with E-state index in [0.29, 0.717) is 17.9 Å². The third-order valence-corrected chi connectivity index (χ3v) is 6.68. The van der Waals surface area contributed by atoms with Gasteiger partial charge < -0.3 is 4.74 Å². The van der Waals surface area contributed by atoms with Gasteiger partial charge in [-0.1, -0.05) is 31.2 Å². The molecule has 0 aliphatic heterocycles. The van der Waals surface area contributed by atoms with Gasteiger partial charge in [0.15, 0.2) is 0 Å². The highest BCUT2D eigenvalue weighted by atomic mass is 19.3. The van der Waals surface area contributed by atoms with Crippen molar-refractivity contribution in [1.29, 1.82) is 0 Å². The molecule has 2 aliphatic rings. The van der Waals surface area contributed by atoms with Gasteiger partial charge in [-0.2, -0.15) is 8.78 Å². The highest BCUT2D eigenvalue weighted by Gasteiger charge is 2.43. The first-order chi connectivity index (χ1) is 14.5. The minimum atomic E-state index is -2.85. The summed E-state index contributed by atoms with van der Waals surface area (Å²) in [5.41, 5.74) is 2.53. The van der Waals surface area contributed by atoms with Crippen LogP contribution in [0.15, 0.2) is 48.6 Å². The Morgan fingerprint density at radius 2 is 1.83 bits per heavy atom. The summed E-state index contributed by atoms with van der Waals surface area (Å²) in [5, 5.41) is 0. The van der Waals surface area contributed by atoms with Crippen LogP contribution < -0.4 is 4.74 Å². The molecule has 30 heavy (non-hydrogen) atoms. The molecular weight excluding hydrogens is 392 g/mol. The molecule has 0 spiro atoms. The Labute approximate surface area is 174 Å². The first-order valence-corrected chi connectivity index (χ1v) is 10.7. The predicted molar refractivity (Wildman–Crippen MR) is 109 cm³/mol. The van der Waals surface area contributed by atoms with E-state index in [9.17, 15) is 17.6 Å². The maximum absolute atomic E-state index is 14.4. The minimum absolute atomic E-state index is 0.104. The molecule has 1 nitrogen and oxygen atoms in total. The van der Waals surface area contributed by atoms with E-state index in [1.54, 1.807) is 12.1 Å². The van der Waals surface area contributed by atoms with Crippen LogP contribution in [0.1, 0.15) is 61.1 Å². The molecular formula is C25H26F4O. The minimum Gasteiger partial charge on any atom is -0.435 e. The number of rotatable bonds is 5. The molecule has 4 atom stereocenters. The molecule has 0 aromatic heterocycles. The molecule has 1 saturated carbocycles. The van der Waals surface area contributed by atoms with Crippen LogP contribution in [0.3, 0.4) is 0 Å². The highest BCUT2D eigenvalue weighted by Crippen LogP contribution is 2.54. The molecule has 0 amide bonds. The zero-order valence-electron chi connectivity index (χ0n) is 17.0. The van der Waals surface area contributed by atoms with Gasteiger partial charge in [0.2, 0.25) is 0 Å². The van der Waals surface area contributed by atoms with Gasteiger partial charge in [0.1, 0.15) is 17.4 Å². The Morgan fingerprint density at radius 1 is 1.07 bits per heavy atom. The number of allylic oxidation sites excluding steroid dienone is 2. The van der Waals surface area contributed by atoms with Gasteiger partial charge in [-0.15, -0.1) is 0 Å². The fourth-order valence-corrected chi connectivity index (χ4v) is 5.52. The molecule has 1 fully saturated rings. The number of hydrogen-bond acceptors (Lipinski definition) is 1. The number of alkyl halides is 2. The predicted octanol–water partition coefficient (Wildman–Crippen LogP) is 7.37. The van der Waals surface area contributed by atoms with Crippen LogP contribution in [-0.4, -0.2) is 6.61 Å². The molecule has 0 radical (unpaired) electrons. The summed E-state index contributed by atoms with van der Waals surface area (Å²) in [6.07, 6.45) is 8.61. The van der Waals surface area contributed by atoms with Gasteiger partial charge in [0.05, 0.1) is 0 Å². The van der Waals surface area contributed by atoms with Crippen LogP contribution in [0.25, 0.3) is 0 Å². The molecule has 160 valence electrons. The van der Waals surface area contributed by atoms with Crippen LogP contribution in [0, 0.1) is 23.5 Å². The van der Waals surface area contributed by atoms with Crippen molar-refractivity contribution in [3.8, 4) is 5.75 Å². The average Bonchev–Trinajstić information content (AvgIpc) is 2.71. The summed E-state index contributed by atoms with van der Waals surface area (Å²) in [6.45, 7) is -0.759. The summed E-state index contributed by atoms with van der Waals surface area (Å²) in [4.78, 5) is 0. The van der Waals surface area contributed by atoms with Crippen molar-refractivity contribution in [2.75, 3.05) is 0 Å². The van der Waals surface area contributed by atoms with E-state index >= 15 is 0 Å². The topological polar surface area (TPSA) is 9.23 Å². The molecule has 0 unspecified atom stereocenters. The highest BCUT2D eigenvalue weighted by molar-refractivity contribution is 5.39. The van der Waals surface area contributed by atoms with Crippen LogP contribution >= 0.6 is 0 Å². The fraction of sp³-hybridized carbons (Fsp3) is 0.440. The molecule has 4 rings (SSSR count). The molecule has 0 N–H and O–H groups in total. The van der Waals surface area contributed by atoms with Crippen molar-refractivity contribution in [3.63, 3.8) is 0 Å². The zero-order valence-corrected chi connectivity index (χ0v) is 17.0. The second-order valence-corrected chi connectivity index (χ2v) is 8.32. The van der Waals surface area contributed by atoms with Gasteiger partial charge in [0, 0.05) is 6.07 Å². The van der Waals surface area contributed by atoms with E-state index in [1.165, 1.54) is 6.07 Å². The largest absolute Gasteiger partial charge is 0.435 e. The van der Waals surface area contributed by atoms with Crippen LogP contribution in [0.4, 0.5) is 17.6 Å². The van der Waals surface area contributed by atoms with Crippen molar-refractivity contribution >= 4 is 0 Å². The Kier molecular flexibility index (Phi) is 6.16. The van der Waals surface area contributed by atoms with E-state index in [1.807, 2.05) is 12.1 Å². The van der Waals surface area contributed by atoms with E-state index in [4.69, 9.17) is 0 Å². The molecule has 0 heterocycles. The van der Waals surface area contributed by atoms with Crippen molar-refractivity contribution in [2.24, 2.45) is 11.8 Å². The van der Waals surface area contributed by atoms with Crippen LogP contribution in [-0.2, 0) is 6.42 Å². The van der Waals surface area contributed by atoms with Crippen molar-refractivity contribution in [3.05, 3.63) is 76.9 Å². The number of hydrogen-bond donors (Lipinski definition) is 0. The lowest BCUT2D eigenvalue weighted by Crippen LogP contribution is -2.35. The maximum atomic E-state index is 14.4. The molecule has 2 aliphatic carbocycles. The fourth-order valence-electron chi connectivity index (χ4n) is 5.52. The average molecular weight is 418 g/mol. The van der Waals surface area contributed by atoms with Gasteiger partial charge in [-0.25, -0.2) is 8.78 Å². The number of fused-ring (bicyclic) bond motifs is 3. The van der Waals surface area contributed by atoms with E-state index < -0.39 is 18.2 Å². The zero-order chi connectivity index (χ0) is 21.3. The third-order valence-electron chi connectivity index (χ3n) is 6.68. The molecule has 0 bridgehead atoms. The monoisotopic (exact) mass is 418 g/mol. The van der Waals surface area contributed by atoms with Crippen LogP contribution in [0.5, 0.6) is 5.75 Å². The number of benzene rings is 2. The molecule has 0 saturated heterocycles. The Bertz CT molecular complexity index is 906. The SMILES string of the molecule is CC/C=C/[C@@H]1CC[C@H]2c3cc(F)cc(F)c3CC[C@@H]2[C@H]1c1ccc(OC(F)F)cc1. The first kappa shape index (κ1) is 21.0. The smallest absolute Gasteiger partial charge is 0.387 e. The summed E-state index contributed by atoms with van der Waals surface area (Å²) in [6, 6.07) is 9.38. The number of ether oxygens (including phenoxy) is 1. The summed E-state index contributed by atoms with van der Waals surface area (Å²) in [5.74, 6) is 0.0130. The maximum Gasteiger partial charge on any atom is 0.387 e. The van der Waals surface area contributed by atoms with Gasteiger partial charge in [-0.05, 0) is 90.7 Å². The molecule has 2 aromatic rings. The van der Waals surface area contributed by atoms with E-state index in [0.717, 1.165) is 42.9 Å². The van der Waals surface area contributed by atoms with Gasteiger partial charge in [0.25, 0.3) is 0 Å². The lowest BCUT2D eigenvalue weighted by molar-refractivity contribution is -0.0498. The van der Waals surface area contributed by atoms with Crippen molar-refractivity contribution in [2.45, 2.75) is 57.5 Å². The normalized spacial score (nSPS) is 25.9. The standard InChI is InChI=1S/C25H26F4O/c1-2-3-4-15-7-10-19-21(12-11-20-22(19)13-17(26)14-23(20)27)24(15)16-5-8-18(9-6-16)30-25(28)29/h3-6,8-9,13-15,19,21,24-25H,2,7,10-12H2,1H3/b4-3+/t15-,19-,21+,24-/m1/s1. The lowest BCUT2D eigenvalue weighted by atomic mass is 9.58. The molecule has 5 heteroatoms. The summed E-state index contributed by atoms with van der Waals surface area (Å²) >= 11 is 0. The quantitative estimate of drug-likeness (QED) is 0.364. The Balaban J connectivity index is 1.70. The van der Waals surface area contributed by atoms with E-state index in [-0.39, 0.29) is 23.5 Å². The third kappa shape index (κ3) is 4.12. The van der Waals surface area contributed by atoms with E-state index in [2.05, 4.69) is 23.8 Å². The first-order valence-electron chi connectivity index (χ1n) is 10.7. The van der Waals surface area contributed by atoms with Gasteiger partial charge in [-0.3, -0.25) is 0 Å². The lowest BCUT2D eigenvalue weighted by Gasteiger charge is -2.46. The number of halogens is 4.